The molecule has 0 bridgehead atoms. The lowest BCUT2D eigenvalue weighted by atomic mass is 9.83. The van der Waals surface area contributed by atoms with Gasteiger partial charge in [-0.3, -0.25) is 4.79 Å². The van der Waals surface area contributed by atoms with Crippen molar-refractivity contribution in [3.05, 3.63) is 59.5 Å². The fourth-order valence-electron chi connectivity index (χ4n) is 4.46. The SMILES string of the molecule is CC[C@H]1O[C@@H](c2cc(COC=O)c3c(N)ncnn23)[C@](C)(OCc2ccccc2)[C@@H]1C. The summed E-state index contributed by atoms with van der Waals surface area (Å²) in [5.74, 6) is 0.460. The van der Waals surface area contributed by atoms with E-state index in [1.54, 1.807) is 4.52 Å². The smallest absolute Gasteiger partial charge is 0.293 e. The second-order valence-corrected chi connectivity index (χ2v) is 8.12. The van der Waals surface area contributed by atoms with Crippen LogP contribution in [0, 0.1) is 5.92 Å². The third-order valence-corrected chi connectivity index (χ3v) is 6.35. The highest BCUT2D eigenvalue weighted by atomic mass is 16.6. The van der Waals surface area contributed by atoms with Gasteiger partial charge in [-0.25, -0.2) is 9.50 Å². The second kappa shape index (κ2) is 8.64. The molecule has 2 N–H and O–H groups in total. The molecule has 3 heterocycles. The topological polar surface area (TPSA) is 101 Å². The first-order valence-electron chi connectivity index (χ1n) is 10.5. The van der Waals surface area contributed by atoms with Gasteiger partial charge in [0.05, 0.1) is 18.4 Å². The third kappa shape index (κ3) is 3.77. The Morgan fingerprint density at radius 3 is 2.77 bits per heavy atom. The first kappa shape index (κ1) is 21.3. The quantitative estimate of drug-likeness (QED) is 0.553. The van der Waals surface area contributed by atoms with E-state index in [0.29, 0.717) is 24.4 Å². The Labute approximate surface area is 181 Å². The molecule has 1 aliphatic heterocycles. The van der Waals surface area contributed by atoms with Crippen molar-refractivity contribution in [2.24, 2.45) is 5.92 Å². The number of fused-ring (bicyclic) bond motifs is 1. The van der Waals surface area contributed by atoms with Crippen LogP contribution in [0.5, 0.6) is 0 Å². The summed E-state index contributed by atoms with van der Waals surface area (Å²) < 4.78 is 19.8. The first-order chi connectivity index (χ1) is 15.0. The molecule has 31 heavy (non-hydrogen) atoms. The molecule has 1 aromatic carbocycles. The van der Waals surface area contributed by atoms with E-state index in [4.69, 9.17) is 19.9 Å². The van der Waals surface area contributed by atoms with E-state index in [1.807, 2.05) is 36.4 Å². The molecule has 8 nitrogen and oxygen atoms in total. The Bertz CT molecular complexity index is 1050. The van der Waals surface area contributed by atoms with Gasteiger partial charge in [0.25, 0.3) is 6.47 Å². The van der Waals surface area contributed by atoms with E-state index >= 15 is 0 Å². The van der Waals surface area contributed by atoms with Crippen LogP contribution in [0.2, 0.25) is 0 Å². The van der Waals surface area contributed by atoms with Gasteiger partial charge in [-0.1, -0.05) is 44.2 Å². The summed E-state index contributed by atoms with van der Waals surface area (Å²) in [5, 5.41) is 4.42. The number of anilines is 1. The summed E-state index contributed by atoms with van der Waals surface area (Å²) in [4.78, 5) is 14.9. The van der Waals surface area contributed by atoms with Crippen LogP contribution in [0.3, 0.4) is 0 Å². The van der Waals surface area contributed by atoms with Gasteiger partial charge in [-0.2, -0.15) is 5.10 Å². The van der Waals surface area contributed by atoms with Crippen LogP contribution >= 0.6 is 0 Å². The van der Waals surface area contributed by atoms with Gasteiger partial charge in [-0.05, 0) is 25.0 Å². The van der Waals surface area contributed by atoms with E-state index in [0.717, 1.165) is 23.2 Å². The van der Waals surface area contributed by atoms with Crippen LogP contribution in [0.15, 0.2) is 42.7 Å². The van der Waals surface area contributed by atoms with Crippen molar-refractivity contribution in [3.8, 4) is 0 Å². The number of hydrogen-bond donors (Lipinski definition) is 1. The predicted octanol–water partition coefficient (Wildman–Crippen LogP) is 3.45. The molecule has 0 amide bonds. The summed E-state index contributed by atoms with van der Waals surface area (Å²) >= 11 is 0. The number of benzene rings is 1. The number of nitrogen functional groups attached to an aromatic ring is 1. The second-order valence-electron chi connectivity index (χ2n) is 8.12. The monoisotopic (exact) mass is 424 g/mol. The first-order valence-corrected chi connectivity index (χ1v) is 10.5. The molecule has 0 saturated carbocycles. The van der Waals surface area contributed by atoms with Gasteiger partial charge in [0.2, 0.25) is 0 Å². The minimum absolute atomic E-state index is 0.0326. The molecule has 0 unspecified atom stereocenters. The lowest BCUT2D eigenvalue weighted by Gasteiger charge is -2.34. The summed E-state index contributed by atoms with van der Waals surface area (Å²) in [6.07, 6.45) is 1.92. The normalized spacial score (nSPS) is 25.7. The van der Waals surface area contributed by atoms with Gasteiger partial charge >= 0.3 is 0 Å². The number of nitrogens with zero attached hydrogens (tertiary/aromatic N) is 3. The van der Waals surface area contributed by atoms with Crippen LogP contribution < -0.4 is 5.73 Å². The van der Waals surface area contributed by atoms with Crippen molar-refractivity contribution in [1.29, 1.82) is 0 Å². The average Bonchev–Trinajstić information content (AvgIpc) is 3.28. The molecule has 1 fully saturated rings. The molecule has 0 spiro atoms. The zero-order chi connectivity index (χ0) is 22.0. The molecule has 3 aromatic rings. The van der Waals surface area contributed by atoms with Gasteiger partial charge < -0.3 is 19.9 Å². The Kier molecular flexibility index (Phi) is 5.93. The van der Waals surface area contributed by atoms with Crippen LogP contribution in [0.1, 0.15) is 50.1 Å². The van der Waals surface area contributed by atoms with Crippen molar-refractivity contribution in [2.45, 2.75) is 58.2 Å². The zero-order valence-corrected chi connectivity index (χ0v) is 18.0. The summed E-state index contributed by atoms with van der Waals surface area (Å²) in [6.45, 7) is 7.32. The molecule has 1 aliphatic rings. The Hall–Kier alpha value is -2.97. The zero-order valence-electron chi connectivity index (χ0n) is 18.0. The van der Waals surface area contributed by atoms with Crippen molar-refractivity contribution < 1.29 is 19.0 Å². The van der Waals surface area contributed by atoms with E-state index in [9.17, 15) is 4.79 Å². The number of hydrogen-bond acceptors (Lipinski definition) is 7. The Morgan fingerprint density at radius 1 is 1.29 bits per heavy atom. The maximum Gasteiger partial charge on any atom is 0.293 e. The van der Waals surface area contributed by atoms with Gasteiger partial charge in [0, 0.05) is 11.5 Å². The summed E-state index contributed by atoms with van der Waals surface area (Å²) in [7, 11) is 0. The standard InChI is InChI=1S/C23H28N4O4/c1-4-19-15(2)23(3,30-11-16-8-6-5-7-9-16)21(31-19)18-10-17(12-29-14-28)20-22(24)25-13-26-27(18)20/h5-10,13-15,19,21H,4,11-12H2,1-3H3,(H2,24,25,26)/t15-,19-,21+,23-/m1/s1. The number of carbonyl (C=O) groups is 1. The molecule has 0 radical (unpaired) electrons. The van der Waals surface area contributed by atoms with Crippen LogP contribution in [-0.2, 0) is 32.2 Å². The number of rotatable bonds is 8. The number of ether oxygens (including phenoxy) is 3. The van der Waals surface area contributed by atoms with Crippen molar-refractivity contribution >= 4 is 17.8 Å². The van der Waals surface area contributed by atoms with Gasteiger partial charge in [0.1, 0.15) is 30.2 Å². The minimum Gasteiger partial charge on any atom is -0.463 e. The molecule has 2 aromatic heterocycles. The molecule has 4 rings (SSSR count). The highest BCUT2D eigenvalue weighted by Gasteiger charge is 2.53. The van der Waals surface area contributed by atoms with Crippen molar-refractivity contribution in [2.75, 3.05) is 5.73 Å². The molecule has 0 aliphatic carbocycles. The Balaban J connectivity index is 1.76. The lowest BCUT2D eigenvalue weighted by molar-refractivity contribution is -0.129. The van der Waals surface area contributed by atoms with Gasteiger partial charge in [-0.15, -0.1) is 0 Å². The van der Waals surface area contributed by atoms with E-state index < -0.39 is 5.60 Å². The molecule has 4 atom stereocenters. The fourth-order valence-corrected chi connectivity index (χ4v) is 4.46. The fraction of sp³-hybridized carbons (Fsp3) is 0.435. The summed E-state index contributed by atoms with van der Waals surface area (Å²) in [6, 6.07) is 12.0. The molecular formula is C23H28N4O4. The lowest BCUT2D eigenvalue weighted by Crippen LogP contribution is -2.39. The van der Waals surface area contributed by atoms with Crippen LogP contribution in [0.4, 0.5) is 5.82 Å². The molecule has 164 valence electrons. The highest BCUT2D eigenvalue weighted by Crippen LogP contribution is 2.49. The van der Waals surface area contributed by atoms with Gasteiger partial charge in [0.15, 0.2) is 5.82 Å². The highest BCUT2D eigenvalue weighted by molar-refractivity contribution is 5.71. The van der Waals surface area contributed by atoms with E-state index in [-0.39, 0.29) is 24.7 Å². The maximum atomic E-state index is 10.8. The minimum atomic E-state index is -0.604. The number of carbonyl (C=O) groups excluding carboxylic acids is 1. The predicted molar refractivity (Wildman–Crippen MR) is 115 cm³/mol. The number of aromatic nitrogens is 3. The largest absolute Gasteiger partial charge is 0.463 e. The average molecular weight is 425 g/mol. The molecule has 1 saturated heterocycles. The van der Waals surface area contributed by atoms with E-state index in [2.05, 4.69) is 30.9 Å². The van der Waals surface area contributed by atoms with Crippen LogP contribution in [-0.4, -0.2) is 32.8 Å². The molecule has 8 heteroatoms. The van der Waals surface area contributed by atoms with Crippen LogP contribution in [0.25, 0.3) is 5.52 Å². The number of nitrogens with two attached hydrogens (primary N) is 1. The van der Waals surface area contributed by atoms with E-state index in [1.165, 1.54) is 6.33 Å². The maximum absolute atomic E-state index is 10.8. The van der Waals surface area contributed by atoms with Crippen molar-refractivity contribution in [1.82, 2.24) is 14.6 Å². The summed E-state index contributed by atoms with van der Waals surface area (Å²) in [5.41, 5.74) is 8.76. The Morgan fingerprint density at radius 2 is 2.06 bits per heavy atom. The third-order valence-electron chi connectivity index (χ3n) is 6.35. The molecular weight excluding hydrogens is 396 g/mol. The van der Waals surface area contributed by atoms with Crippen molar-refractivity contribution in [3.63, 3.8) is 0 Å².